The highest BCUT2D eigenvalue weighted by Crippen LogP contribution is 2.20. The van der Waals surface area contributed by atoms with Crippen molar-refractivity contribution in [3.8, 4) is 0 Å². The highest BCUT2D eigenvalue weighted by Gasteiger charge is 2.31. The first-order valence-corrected chi connectivity index (χ1v) is 10.6. The number of guanidine groups is 1. The van der Waals surface area contributed by atoms with E-state index in [1.807, 2.05) is 18.5 Å². The summed E-state index contributed by atoms with van der Waals surface area (Å²) < 4.78 is 7.32. The summed E-state index contributed by atoms with van der Waals surface area (Å²) in [5, 5.41) is 12.2. The van der Waals surface area contributed by atoms with Gasteiger partial charge in [0, 0.05) is 51.9 Å². The van der Waals surface area contributed by atoms with Gasteiger partial charge in [0.25, 0.3) is 0 Å². The van der Waals surface area contributed by atoms with Crippen molar-refractivity contribution in [1.82, 2.24) is 29.9 Å². The SMILES string of the molecule is COCCN1C(C)CN(C(=NCc2nnc(C)n2C)NC2CCCC2)CC1C.I. The van der Waals surface area contributed by atoms with Crippen LogP contribution in [0.3, 0.4) is 0 Å². The van der Waals surface area contributed by atoms with Crippen LogP contribution >= 0.6 is 24.0 Å². The Morgan fingerprint density at radius 2 is 1.83 bits per heavy atom. The molecule has 29 heavy (non-hydrogen) atoms. The maximum Gasteiger partial charge on any atom is 0.194 e. The molecule has 1 aliphatic heterocycles. The molecule has 2 aliphatic rings. The molecule has 2 unspecified atom stereocenters. The molecule has 2 fully saturated rings. The molecule has 1 saturated heterocycles. The van der Waals surface area contributed by atoms with Crippen LogP contribution in [0.4, 0.5) is 0 Å². The van der Waals surface area contributed by atoms with E-state index in [0.717, 1.165) is 43.8 Å². The second-order valence-electron chi connectivity index (χ2n) is 8.32. The van der Waals surface area contributed by atoms with Gasteiger partial charge in [0.1, 0.15) is 12.4 Å². The van der Waals surface area contributed by atoms with Crippen molar-refractivity contribution in [2.24, 2.45) is 12.0 Å². The summed E-state index contributed by atoms with van der Waals surface area (Å²) >= 11 is 0. The first-order valence-electron chi connectivity index (χ1n) is 10.6. The molecule has 1 aliphatic carbocycles. The van der Waals surface area contributed by atoms with Crippen LogP contribution in [0.1, 0.15) is 51.2 Å². The number of hydrogen-bond donors (Lipinski definition) is 1. The van der Waals surface area contributed by atoms with Crippen molar-refractivity contribution in [3.05, 3.63) is 11.6 Å². The van der Waals surface area contributed by atoms with E-state index >= 15 is 0 Å². The standard InChI is InChI=1S/C20H37N7O.HI/c1-15-13-26(14-16(2)27(15)10-11-28-5)20(22-18-8-6-7-9-18)21-12-19-24-23-17(3)25(19)4;/h15-16,18H,6-14H2,1-5H3,(H,21,22);1H. The number of hydrogen-bond acceptors (Lipinski definition) is 5. The topological polar surface area (TPSA) is 70.8 Å². The maximum atomic E-state index is 5.30. The highest BCUT2D eigenvalue weighted by atomic mass is 127. The van der Waals surface area contributed by atoms with Gasteiger partial charge in [0.05, 0.1) is 6.61 Å². The molecule has 0 amide bonds. The Labute approximate surface area is 192 Å². The van der Waals surface area contributed by atoms with Crippen molar-refractivity contribution in [1.29, 1.82) is 0 Å². The van der Waals surface area contributed by atoms with Gasteiger partial charge in [-0.3, -0.25) is 4.90 Å². The molecule has 1 saturated carbocycles. The zero-order chi connectivity index (χ0) is 20.1. The summed E-state index contributed by atoms with van der Waals surface area (Å²) in [6, 6.07) is 1.47. The van der Waals surface area contributed by atoms with E-state index in [4.69, 9.17) is 9.73 Å². The lowest BCUT2D eigenvalue weighted by molar-refractivity contribution is 0.0441. The van der Waals surface area contributed by atoms with Crippen LogP contribution in [0, 0.1) is 6.92 Å². The smallest absolute Gasteiger partial charge is 0.194 e. The van der Waals surface area contributed by atoms with Crippen LogP contribution in [0.15, 0.2) is 4.99 Å². The van der Waals surface area contributed by atoms with Crippen LogP contribution in [-0.4, -0.2) is 82.0 Å². The quantitative estimate of drug-likeness (QED) is 0.353. The highest BCUT2D eigenvalue weighted by molar-refractivity contribution is 14.0. The second-order valence-corrected chi connectivity index (χ2v) is 8.32. The number of aryl methyl sites for hydroxylation is 1. The van der Waals surface area contributed by atoms with E-state index in [9.17, 15) is 0 Å². The van der Waals surface area contributed by atoms with Crippen LogP contribution < -0.4 is 5.32 Å². The number of rotatable bonds is 6. The Morgan fingerprint density at radius 3 is 2.38 bits per heavy atom. The Balaban J connectivity index is 0.00000300. The van der Waals surface area contributed by atoms with Gasteiger partial charge in [-0.05, 0) is 33.6 Å². The summed E-state index contributed by atoms with van der Waals surface area (Å²) in [7, 11) is 3.78. The molecule has 0 aromatic carbocycles. The van der Waals surface area contributed by atoms with Crippen molar-refractivity contribution < 1.29 is 4.74 Å². The van der Waals surface area contributed by atoms with Gasteiger partial charge < -0.3 is 19.5 Å². The lowest BCUT2D eigenvalue weighted by Gasteiger charge is -2.45. The minimum absolute atomic E-state index is 0. The molecule has 166 valence electrons. The number of aliphatic imine (C=N–C) groups is 1. The third kappa shape index (κ3) is 6.27. The molecule has 9 heteroatoms. The van der Waals surface area contributed by atoms with Crippen LogP contribution in [-0.2, 0) is 18.3 Å². The minimum Gasteiger partial charge on any atom is -0.383 e. The molecule has 3 rings (SSSR count). The third-order valence-electron chi connectivity index (χ3n) is 6.20. The third-order valence-corrected chi connectivity index (χ3v) is 6.20. The molecule has 2 atom stereocenters. The molecule has 8 nitrogen and oxygen atoms in total. The molecule has 1 N–H and O–H groups in total. The van der Waals surface area contributed by atoms with Gasteiger partial charge in [-0.25, -0.2) is 4.99 Å². The number of piperazine rings is 1. The lowest BCUT2D eigenvalue weighted by Crippen LogP contribution is -2.61. The largest absolute Gasteiger partial charge is 0.383 e. The summed E-state index contributed by atoms with van der Waals surface area (Å²) in [5.74, 6) is 2.85. The summed E-state index contributed by atoms with van der Waals surface area (Å²) in [5.41, 5.74) is 0. The van der Waals surface area contributed by atoms with Gasteiger partial charge in [-0.15, -0.1) is 34.2 Å². The van der Waals surface area contributed by atoms with E-state index < -0.39 is 0 Å². The van der Waals surface area contributed by atoms with Crippen LogP contribution in [0.5, 0.6) is 0 Å². The van der Waals surface area contributed by atoms with E-state index in [2.05, 4.69) is 39.2 Å². The number of ether oxygens (including phenoxy) is 1. The molecule has 1 aromatic rings. The van der Waals surface area contributed by atoms with E-state index in [1.165, 1.54) is 25.7 Å². The number of nitrogens with zero attached hydrogens (tertiary/aromatic N) is 6. The van der Waals surface area contributed by atoms with Crippen molar-refractivity contribution >= 4 is 29.9 Å². The number of halogens is 1. The van der Waals surface area contributed by atoms with Crippen LogP contribution in [0.25, 0.3) is 0 Å². The summed E-state index contributed by atoms with van der Waals surface area (Å²) in [4.78, 5) is 9.95. The Kier molecular flexibility index (Phi) is 9.61. The molecular formula is C20H38IN7O. The van der Waals surface area contributed by atoms with E-state index in [0.29, 0.717) is 24.7 Å². The normalized spacial score (nSPS) is 24.0. The average molecular weight is 519 g/mol. The van der Waals surface area contributed by atoms with Gasteiger partial charge >= 0.3 is 0 Å². The Hall–Kier alpha value is -0.940. The molecule has 0 spiro atoms. The predicted octanol–water partition coefficient (Wildman–Crippen LogP) is 2.17. The molecule has 2 heterocycles. The van der Waals surface area contributed by atoms with Gasteiger partial charge in [0.2, 0.25) is 0 Å². The molecule has 0 bridgehead atoms. The number of nitrogens with one attached hydrogen (secondary N) is 1. The van der Waals surface area contributed by atoms with Gasteiger partial charge in [-0.2, -0.15) is 0 Å². The van der Waals surface area contributed by atoms with Crippen LogP contribution in [0.2, 0.25) is 0 Å². The Bertz CT molecular complexity index is 647. The maximum absolute atomic E-state index is 5.30. The zero-order valence-electron chi connectivity index (χ0n) is 18.6. The first kappa shape index (κ1) is 24.3. The van der Waals surface area contributed by atoms with E-state index in [-0.39, 0.29) is 24.0 Å². The predicted molar refractivity (Wildman–Crippen MR) is 127 cm³/mol. The van der Waals surface area contributed by atoms with Crippen molar-refractivity contribution in [3.63, 3.8) is 0 Å². The van der Waals surface area contributed by atoms with E-state index in [1.54, 1.807) is 7.11 Å². The minimum atomic E-state index is 0. The zero-order valence-corrected chi connectivity index (χ0v) is 20.9. The van der Waals surface area contributed by atoms with Crippen molar-refractivity contribution in [2.45, 2.75) is 71.1 Å². The average Bonchev–Trinajstić information content (AvgIpc) is 3.29. The Morgan fingerprint density at radius 1 is 1.17 bits per heavy atom. The fourth-order valence-electron chi connectivity index (χ4n) is 4.39. The molecule has 1 aromatic heterocycles. The summed E-state index contributed by atoms with van der Waals surface area (Å²) in [6.45, 7) is 10.8. The van der Waals surface area contributed by atoms with Gasteiger partial charge in [-0.1, -0.05) is 12.8 Å². The second kappa shape index (κ2) is 11.5. The fraction of sp³-hybridized carbons (Fsp3) is 0.850. The monoisotopic (exact) mass is 519 g/mol. The summed E-state index contributed by atoms with van der Waals surface area (Å²) in [6.07, 6.45) is 5.10. The number of aromatic nitrogens is 3. The molecular weight excluding hydrogens is 481 g/mol. The number of methoxy groups -OCH3 is 1. The fourth-order valence-corrected chi connectivity index (χ4v) is 4.39. The van der Waals surface area contributed by atoms with Gasteiger partial charge in [0.15, 0.2) is 11.8 Å². The molecule has 0 radical (unpaired) electrons. The lowest BCUT2D eigenvalue weighted by atomic mass is 10.1. The van der Waals surface area contributed by atoms with Crippen molar-refractivity contribution in [2.75, 3.05) is 33.4 Å². The first-order chi connectivity index (χ1) is 13.5.